The Balaban J connectivity index is 1.32. The minimum atomic E-state index is -2.95. The summed E-state index contributed by atoms with van der Waals surface area (Å²) in [6.07, 6.45) is 9.37. The van der Waals surface area contributed by atoms with E-state index in [1.165, 1.54) is 14.0 Å². The zero-order valence-electron chi connectivity index (χ0n) is 35.2. The minimum absolute atomic E-state index is 0.164. The van der Waals surface area contributed by atoms with Crippen molar-refractivity contribution in [1.29, 1.82) is 0 Å². The molecule has 6 heterocycles. The van der Waals surface area contributed by atoms with Crippen molar-refractivity contribution in [2.45, 2.75) is 94.1 Å². The fourth-order valence-electron chi connectivity index (χ4n) is 13.8. The fourth-order valence-corrected chi connectivity index (χ4v) is 13.8. The number of ether oxygens (including phenoxy) is 3. The van der Waals surface area contributed by atoms with Crippen molar-refractivity contribution in [1.82, 2.24) is 19.7 Å². The Labute approximate surface area is 348 Å². The van der Waals surface area contributed by atoms with Gasteiger partial charge in [0.2, 0.25) is 5.92 Å². The van der Waals surface area contributed by atoms with Crippen LogP contribution in [-0.2, 0) is 40.4 Å². The second-order valence-corrected chi connectivity index (χ2v) is 18.8. The summed E-state index contributed by atoms with van der Waals surface area (Å²) < 4.78 is 49.1. The van der Waals surface area contributed by atoms with Crippen LogP contribution in [0.5, 0.6) is 0 Å². The molecule has 60 heavy (non-hydrogen) atoms. The summed E-state index contributed by atoms with van der Waals surface area (Å²) in [6.45, 7) is 6.74. The highest BCUT2D eigenvalue weighted by atomic mass is 19.3. The van der Waals surface area contributed by atoms with E-state index in [1.54, 1.807) is 13.2 Å². The van der Waals surface area contributed by atoms with E-state index in [4.69, 9.17) is 14.2 Å². The van der Waals surface area contributed by atoms with E-state index in [-0.39, 0.29) is 31.3 Å². The molecule has 14 heteroatoms. The SMILES string of the molecule is CC[C@]12C=CCN3CC[C@@]4(C5=CC([C@@]6(C(=O)OC)C[C@H]7CC(C(C)(F)F)CN(CCc8c6[nH]c6ccc(C=O)cc86)C7)C(OC)C=C5N(C)[C@H]4[C@@](O)(C=O)[C@@H]1OC(C)=O)[C@@H]32. The molecular weight excluding hydrogens is 775 g/mol. The molecule has 2 bridgehead atoms. The molecule has 2 aliphatic carbocycles. The summed E-state index contributed by atoms with van der Waals surface area (Å²) in [4.78, 5) is 64.0. The number of hydrogen-bond donors (Lipinski definition) is 2. The third-order valence-corrected chi connectivity index (χ3v) is 16.0. The van der Waals surface area contributed by atoms with Crippen LogP contribution in [0.3, 0.4) is 0 Å². The van der Waals surface area contributed by atoms with Crippen LogP contribution in [0.15, 0.2) is 53.8 Å². The van der Waals surface area contributed by atoms with Crippen molar-refractivity contribution in [3.05, 3.63) is 70.6 Å². The Morgan fingerprint density at radius 1 is 1.12 bits per heavy atom. The number of allylic oxidation sites excluding steroid dienone is 1. The average molecular weight is 831 g/mol. The number of likely N-dealkylation sites (N-methyl/N-ethyl adjacent to an activating group) is 1. The number of aliphatic hydroxyl groups is 1. The van der Waals surface area contributed by atoms with Gasteiger partial charge in [-0.05, 0) is 86.9 Å². The van der Waals surface area contributed by atoms with Gasteiger partial charge in [-0.1, -0.05) is 25.2 Å². The largest absolute Gasteiger partial charge is 0.468 e. The number of methoxy groups -OCH3 is 2. The molecule has 2 aromatic rings. The number of alkyl halides is 2. The van der Waals surface area contributed by atoms with Crippen molar-refractivity contribution in [2.75, 3.05) is 54.0 Å². The lowest BCUT2D eigenvalue weighted by atomic mass is 9.47. The van der Waals surface area contributed by atoms with E-state index in [0.29, 0.717) is 63.0 Å². The van der Waals surface area contributed by atoms with E-state index in [9.17, 15) is 19.5 Å². The van der Waals surface area contributed by atoms with Gasteiger partial charge in [0.1, 0.15) is 17.8 Å². The van der Waals surface area contributed by atoms with Crippen LogP contribution in [0.1, 0.15) is 68.1 Å². The zero-order valence-corrected chi connectivity index (χ0v) is 35.2. The number of piperidine rings is 1. The number of esters is 2. The molecule has 0 amide bonds. The van der Waals surface area contributed by atoms with Crippen LogP contribution < -0.4 is 0 Å². The summed E-state index contributed by atoms with van der Waals surface area (Å²) >= 11 is 0. The number of aldehydes is 2. The van der Waals surface area contributed by atoms with Crippen molar-refractivity contribution in [3.63, 3.8) is 0 Å². The molecule has 1 spiro atoms. The first-order chi connectivity index (χ1) is 28.6. The number of halogens is 2. The van der Waals surface area contributed by atoms with E-state index < -0.39 is 69.8 Å². The van der Waals surface area contributed by atoms with Crippen LogP contribution >= 0.6 is 0 Å². The molecule has 1 saturated carbocycles. The molecule has 5 aliphatic heterocycles. The van der Waals surface area contributed by atoms with E-state index in [0.717, 1.165) is 40.9 Å². The van der Waals surface area contributed by atoms with Gasteiger partial charge in [0.05, 0.1) is 19.3 Å². The molecule has 1 aromatic carbocycles. The first-order valence-corrected chi connectivity index (χ1v) is 21.3. The first kappa shape index (κ1) is 41.1. The Morgan fingerprint density at radius 3 is 2.57 bits per heavy atom. The van der Waals surface area contributed by atoms with Crippen molar-refractivity contribution in [3.8, 4) is 0 Å². The van der Waals surface area contributed by atoms with Gasteiger partial charge < -0.3 is 34.1 Å². The van der Waals surface area contributed by atoms with Gasteiger partial charge in [-0.25, -0.2) is 8.78 Å². The first-order valence-electron chi connectivity index (χ1n) is 21.3. The molecular formula is C46H56F2N4O8. The van der Waals surface area contributed by atoms with Gasteiger partial charge in [-0.3, -0.25) is 24.1 Å². The highest BCUT2D eigenvalue weighted by molar-refractivity contribution is 5.94. The van der Waals surface area contributed by atoms with Crippen LogP contribution in [0, 0.1) is 28.6 Å². The van der Waals surface area contributed by atoms with E-state index in [2.05, 4.69) is 20.9 Å². The summed E-state index contributed by atoms with van der Waals surface area (Å²) in [5, 5.41) is 13.8. The molecule has 1 aromatic heterocycles. The third kappa shape index (κ3) is 5.45. The van der Waals surface area contributed by atoms with Gasteiger partial charge in [-0.15, -0.1) is 0 Å². The minimum Gasteiger partial charge on any atom is -0.468 e. The summed E-state index contributed by atoms with van der Waals surface area (Å²) in [5.41, 5.74) is -1.25. The predicted molar refractivity (Wildman–Crippen MR) is 217 cm³/mol. The van der Waals surface area contributed by atoms with E-state index in [1.807, 2.05) is 49.2 Å². The van der Waals surface area contributed by atoms with Gasteiger partial charge in [0.25, 0.3) is 0 Å². The van der Waals surface area contributed by atoms with Gasteiger partial charge in [0.15, 0.2) is 11.9 Å². The quantitative estimate of drug-likeness (QED) is 0.219. The van der Waals surface area contributed by atoms with Crippen LogP contribution in [0.2, 0.25) is 0 Å². The average Bonchev–Trinajstić information content (AvgIpc) is 3.89. The molecule has 3 saturated heterocycles. The van der Waals surface area contributed by atoms with Gasteiger partial charge in [0, 0.05) is 104 Å². The maximum absolute atomic E-state index is 15.4. The number of aromatic amines is 1. The second-order valence-electron chi connectivity index (χ2n) is 18.8. The summed E-state index contributed by atoms with van der Waals surface area (Å²) in [5.74, 6) is -6.12. The third-order valence-electron chi connectivity index (χ3n) is 16.0. The number of carbonyl (C=O) groups is 4. The molecule has 12 nitrogen and oxygen atoms in total. The highest BCUT2D eigenvalue weighted by Crippen LogP contribution is 2.70. The van der Waals surface area contributed by atoms with Gasteiger partial charge >= 0.3 is 11.9 Å². The number of likely N-dealkylation sites (tertiary alicyclic amines) is 1. The maximum atomic E-state index is 15.4. The lowest BCUT2D eigenvalue weighted by Gasteiger charge is -2.63. The fraction of sp³-hybridized carbons (Fsp3) is 0.609. The standard InChI is InChI=1S/C46H56F2N4O8/c1-7-43-12-8-14-52-16-13-44(38(43)52)32-19-33(36(58-5)20-35(32)50(4)39(44)46(57,25-54)40(43)60-26(2)55)45(41(56)59-6)21-28-17-29(42(3,47)48)23-51(22-28)15-11-30-31-18-27(24-53)9-10-34(31)49-37(30)45/h8-10,12,18-20,24-25,28-29,33,36,38-40,49,57H,7,11,13-17,21-23H2,1-6H3/t28-,29?,33?,36?,38+,39-,40-,43-,44-,45+,46+/m1/s1. The van der Waals surface area contributed by atoms with Gasteiger partial charge in [-0.2, -0.15) is 0 Å². The molecule has 7 aliphatic rings. The normalized spacial score (nSPS) is 39.5. The maximum Gasteiger partial charge on any atom is 0.318 e. The number of aromatic nitrogens is 1. The van der Waals surface area contributed by atoms with Crippen molar-refractivity contribution in [2.24, 2.45) is 28.6 Å². The van der Waals surface area contributed by atoms with Crippen LogP contribution in [-0.4, -0.2) is 139 Å². The number of rotatable bonds is 8. The lowest BCUT2D eigenvalue weighted by Crippen LogP contribution is -2.78. The monoisotopic (exact) mass is 830 g/mol. The smallest absolute Gasteiger partial charge is 0.318 e. The number of hydrogen-bond acceptors (Lipinski definition) is 11. The Bertz CT molecular complexity index is 2230. The number of benzene rings is 1. The van der Waals surface area contributed by atoms with Crippen molar-refractivity contribution < 1.29 is 47.3 Å². The number of carbonyl (C=O) groups excluding carboxylic acids is 4. The topological polar surface area (TPSA) is 142 Å². The Hall–Kier alpha value is -4.24. The number of fused-ring (bicyclic) bond motifs is 6. The number of nitrogens with zero attached hydrogens (tertiary/aromatic N) is 3. The zero-order chi connectivity index (χ0) is 42.7. The van der Waals surface area contributed by atoms with E-state index >= 15 is 13.6 Å². The summed E-state index contributed by atoms with van der Waals surface area (Å²) in [7, 11) is 4.79. The molecule has 4 fully saturated rings. The lowest BCUT2D eigenvalue weighted by molar-refractivity contribution is -0.226. The second kappa shape index (κ2) is 14.1. The predicted octanol–water partition coefficient (Wildman–Crippen LogP) is 4.60. The molecule has 4 unspecified atom stereocenters. The Morgan fingerprint density at radius 2 is 1.90 bits per heavy atom. The van der Waals surface area contributed by atoms with Crippen molar-refractivity contribution >= 4 is 35.4 Å². The molecule has 2 N–H and O–H groups in total. The van der Waals surface area contributed by atoms with Crippen LogP contribution in [0.25, 0.3) is 10.9 Å². The highest BCUT2D eigenvalue weighted by Gasteiger charge is 2.79. The van der Waals surface area contributed by atoms with Crippen LogP contribution in [0.4, 0.5) is 8.78 Å². The Kier molecular flexibility index (Phi) is 9.70. The summed E-state index contributed by atoms with van der Waals surface area (Å²) in [6, 6.07) is 4.21. The molecule has 9 rings (SSSR count). The molecule has 12 atom stereocenters. The molecule has 322 valence electrons. The number of H-pyrrole nitrogens is 1. The number of nitrogens with one attached hydrogen (secondary N) is 1. The molecule has 0 radical (unpaired) electrons.